The zero-order chi connectivity index (χ0) is 19.4. The Bertz CT molecular complexity index is 962. The molecule has 0 aliphatic rings. The van der Waals surface area contributed by atoms with Crippen molar-refractivity contribution in [1.29, 1.82) is 0 Å². The Labute approximate surface area is 159 Å². The molecule has 0 fully saturated rings. The molecule has 0 bridgehead atoms. The molecular weight excluding hydrogens is 372 g/mol. The van der Waals surface area contributed by atoms with E-state index in [0.29, 0.717) is 33.9 Å². The molecule has 0 unspecified atom stereocenters. The summed E-state index contributed by atoms with van der Waals surface area (Å²) in [6.45, 7) is 3.25. The van der Waals surface area contributed by atoms with E-state index in [4.69, 9.17) is 20.5 Å². The predicted octanol–water partition coefficient (Wildman–Crippen LogP) is 2.90. The summed E-state index contributed by atoms with van der Waals surface area (Å²) in [5.41, 5.74) is 1.27. The van der Waals surface area contributed by atoms with Gasteiger partial charge in [0, 0.05) is 16.7 Å². The maximum absolute atomic E-state index is 12.1. The second kappa shape index (κ2) is 8.05. The minimum Gasteiger partial charge on any atom is -0.441 e. The molecule has 2 amide bonds. The van der Waals surface area contributed by atoms with Gasteiger partial charge in [-0.15, -0.1) is 0 Å². The van der Waals surface area contributed by atoms with Crippen LogP contribution in [0.3, 0.4) is 0 Å². The van der Waals surface area contributed by atoms with E-state index >= 15 is 0 Å². The van der Waals surface area contributed by atoms with Gasteiger partial charge in [0.1, 0.15) is 11.5 Å². The zero-order valence-electron chi connectivity index (χ0n) is 14.7. The Kier molecular flexibility index (Phi) is 5.56. The minimum atomic E-state index is -0.407. The third-order valence-electron chi connectivity index (χ3n) is 3.65. The van der Waals surface area contributed by atoms with Crippen LogP contribution >= 0.6 is 11.6 Å². The first kappa shape index (κ1) is 18.7. The SMILES string of the molecule is Cc1cc(NC(=O)CNC(=O)Cc2nc(-c3ccc(Cl)cc3)oc2C)no1. The number of rotatable bonds is 6. The second-order valence-corrected chi connectivity index (χ2v) is 6.29. The van der Waals surface area contributed by atoms with E-state index in [1.165, 1.54) is 0 Å². The van der Waals surface area contributed by atoms with Crippen LogP contribution < -0.4 is 10.6 Å². The van der Waals surface area contributed by atoms with E-state index in [-0.39, 0.29) is 18.9 Å². The van der Waals surface area contributed by atoms with Crippen molar-refractivity contribution in [2.45, 2.75) is 20.3 Å². The summed E-state index contributed by atoms with van der Waals surface area (Å²) in [7, 11) is 0. The van der Waals surface area contributed by atoms with E-state index in [9.17, 15) is 9.59 Å². The number of hydrogen-bond donors (Lipinski definition) is 2. The third-order valence-corrected chi connectivity index (χ3v) is 3.91. The quantitative estimate of drug-likeness (QED) is 0.671. The van der Waals surface area contributed by atoms with Gasteiger partial charge >= 0.3 is 0 Å². The summed E-state index contributed by atoms with van der Waals surface area (Å²) >= 11 is 5.87. The van der Waals surface area contributed by atoms with Gasteiger partial charge in [0.15, 0.2) is 5.82 Å². The fraction of sp³-hybridized carbons (Fsp3) is 0.222. The first-order valence-electron chi connectivity index (χ1n) is 8.13. The Balaban J connectivity index is 1.54. The van der Waals surface area contributed by atoms with Crippen molar-refractivity contribution in [2.24, 2.45) is 0 Å². The highest BCUT2D eigenvalue weighted by Gasteiger charge is 2.15. The largest absolute Gasteiger partial charge is 0.441 e. The van der Waals surface area contributed by atoms with Crippen LogP contribution in [0.5, 0.6) is 0 Å². The smallest absolute Gasteiger partial charge is 0.245 e. The number of aromatic nitrogens is 2. The van der Waals surface area contributed by atoms with Crippen molar-refractivity contribution in [3.8, 4) is 11.5 Å². The van der Waals surface area contributed by atoms with Crippen LogP contribution in [0.4, 0.5) is 5.82 Å². The molecule has 0 saturated heterocycles. The van der Waals surface area contributed by atoms with Crippen molar-refractivity contribution in [2.75, 3.05) is 11.9 Å². The topological polar surface area (TPSA) is 110 Å². The van der Waals surface area contributed by atoms with Crippen LogP contribution in [0.2, 0.25) is 5.02 Å². The van der Waals surface area contributed by atoms with Gasteiger partial charge in [-0.05, 0) is 38.1 Å². The number of oxazole rings is 1. The molecular formula is C18H17ClN4O4. The lowest BCUT2D eigenvalue weighted by atomic mass is 10.2. The van der Waals surface area contributed by atoms with Crippen LogP contribution in [-0.4, -0.2) is 28.5 Å². The Morgan fingerprint density at radius 3 is 2.56 bits per heavy atom. The molecule has 2 heterocycles. The van der Waals surface area contributed by atoms with Gasteiger partial charge in [-0.1, -0.05) is 16.8 Å². The van der Waals surface area contributed by atoms with E-state index in [0.717, 1.165) is 5.56 Å². The Morgan fingerprint density at radius 1 is 1.15 bits per heavy atom. The normalized spacial score (nSPS) is 10.6. The van der Waals surface area contributed by atoms with Crippen molar-refractivity contribution in [3.63, 3.8) is 0 Å². The summed E-state index contributed by atoms with van der Waals surface area (Å²) < 4.78 is 10.5. The first-order valence-corrected chi connectivity index (χ1v) is 8.50. The summed E-state index contributed by atoms with van der Waals surface area (Å²) in [4.78, 5) is 28.3. The summed E-state index contributed by atoms with van der Waals surface area (Å²) in [6.07, 6.45) is -0.000723. The summed E-state index contributed by atoms with van der Waals surface area (Å²) in [6, 6.07) is 8.62. The van der Waals surface area contributed by atoms with Gasteiger partial charge < -0.3 is 19.6 Å². The predicted molar refractivity (Wildman–Crippen MR) is 98.3 cm³/mol. The molecule has 0 radical (unpaired) electrons. The van der Waals surface area contributed by atoms with Gasteiger partial charge in [0.25, 0.3) is 0 Å². The lowest BCUT2D eigenvalue weighted by molar-refractivity contribution is -0.123. The molecule has 140 valence electrons. The number of halogens is 1. The van der Waals surface area contributed by atoms with Crippen LogP contribution in [0.1, 0.15) is 17.2 Å². The highest BCUT2D eigenvalue weighted by atomic mass is 35.5. The molecule has 0 spiro atoms. The number of benzene rings is 1. The van der Waals surface area contributed by atoms with E-state index in [1.807, 2.05) is 0 Å². The molecule has 8 nitrogen and oxygen atoms in total. The number of hydrogen-bond acceptors (Lipinski definition) is 6. The van der Waals surface area contributed by atoms with Gasteiger partial charge in [0.05, 0.1) is 18.7 Å². The summed E-state index contributed by atoms with van der Waals surface area (Å²) in [5.74, 6) is 1.07. The van der Waals surface area contributed by atoms with Crippen molar-refractivity contribution in [3.05, 3.63) is 52.6 Å². The van der Waals surface area contributed by atoms with Crippen LogP contribution in [0, 0.1) is 13.8 Å². The van der Waals surface area contributed by atoms with Crippen molar-refractivity contribution in [1.82, 2.24) is 15.5 Å². The molecule has 2 N–H and O–H groups in total. The zero-order valence-corrected chi connectivity index (χ0v) is 15.5. The number of nitrogens with zero attached hydrogens (tertiary/aromatic N) is 2. The second-order valence-electron chi connectivity index (χ2n) is 5.85. The van der Waals surface area contributed by atoms with Crippen LogP contribution in [-0.2, 0) is 16.0 Å². The monoisotopic (exact) mass is 388 g/mol. The number of anilines is 1. The molecule has 0 atom stereocenters. The number of aryl methyl sites for hydroxylation is 2. The van der Waals surface area contributed by atoms with Crippen LogP contribution in [0.25, 0.3) is 11.5 Å². The van der Waals surface area contributed by atoms with Gasteiger partial charge in [-0.25, -0.2) is 4.98 Å². The number of amides is 2. The summed E-state index contributed by atoms with van der Waals surface area (Å²) in [5, 5.41) is 9.31. The van der Waals surface area contributed by atoms with E-state index in [2.05, 4.69) is 20.8 Å². The maximum atomic E-state index is 12.1. The standard InChI is InChI=1S/C18H17ClN4O4/c1-10-7-15(23-27-10)22-17(25)9-20-16(24)8-14-11(2)26-18(21-14)12-3-5-13(19)6-4-12/h3-7H,8-9H2,1-2H3,(H,20,24)(H,22,23,25). The fourth-order valence-electron chi connectivity index (χ4n) is 2.31. The molecule has 3 aromatic rings. The van der Waals surface area contributed by atoms with E-state index < -0.39 is 5.91 Å². The molecule has 9 heteroatoms. The van der Waals surface area contributed by atoms with Crippen molar-refractivity contribution < 1.29 is 18.5 Å². The third kappa shape index (κ3) is 4.95. The highest BCUT2D eigenvalue weighted by molar-refractivity contribution is 6.30. The molecule has 1 aromatic carbocycles. The molecule has 2 aromatic heterocycles. The first-order chi connectivity index (χ1) is 12.9. The molecule has 27 heavy (non-hydrogen) atoms. The average Bonchev–Trinajstić information content (AvgIpc) is 3.19. The molecule has 0 saturated carbocycles. The maximum Gasteiger partial charge on any atom is 0.245 e. The van der Waals surface area contributed by atoms with Crippen molar-refractivity contribution >= 4 is 29.2 Å². The fourth-order valence-corrected chi connectivity index (χ4v) is 2.44. The molecule has 0 aliphatic carbocycles. The Morgan fingerprint density at radius 2 is 1.89 bits per heavy atom. The van der Waals surface area contributed by atoms with Gasteiger partial charge in [-0.2, -0.15) is 0 Å². The lowest BCUT2D eigenvalue weighted by Gasteiger charge is -2.04. The highest BCUT2D eigenvalue weighted by Crippen LogP contribution is 2.23. The number of carbonyl (C=O) groups is 2. The van der Waals surface area contributed by atoms with Crippen LogP contribution in [0.15, 0.2) is 39.3 Å². The lowest BCUT2D eigenvalue weighted by Crippen LogP contribution is -2.34. The minimum absolute atomic E-state index is 0.000723. The average molecular weight is 389 g/mol. The van der Waals surface area contributed by atoms with Gasteiger partial charge in [-0.3, -0.25) is 9.59 Å². The number of carbonyl (C=O) groups excluding carboxylic acids is 2. The Hall–Kier alpha value is -3.13. The molecule has 3 rings (SSSR count). The number of nitrogens with one attached hydrogen (secondary N) is 2. The molecule has 0 aliphatic heterocycles. The van der Waals surface area contributed by atoms with Gasteiger partial charge in [0.2, 0.25) is 17.7 Å². The van der Waals surface area contributed by atoms with E-state index in [1.54, 1.807) is 44.2 Å².